The summed E-state index contributed by atoms with van der Waals surface area (Å²) in [5.74, 6) is 1.39. The van der Waals surface area contributed by atoms with Crippen LogP contribution in [0.4, 0.5) is 0 Å². The van der Waals surface area contributed by atoms with Crippen molar-refractivity contribution in [3.05, 3.63) is 42.5 Å². The number of pyridine rings is 2. The van der Waals surface area contributed by atoms with Gasteiger partial charge in [0, 0.05) is 46.7 Å². The molecular formula is C22H28N4O. The number of hydrogen-bond acceptors (Lipinski definition) is 4. The lowest BCUT2D eigenvalue weighted by molar-refractivity contribution is 0.102. The summed E-state index contributed by atoms with van der Waals surface area (Å²) < 4.78 is 5.54. The van der Waals surface area contributed by atoms with Crippen LogP contribution in [0.2, 0.25) is 0 Å². The topological polar surface area (TPSA) is 54.0 Å². The van der Waals surface area contributed by atoms with Gasteiger partial charge < -0.3 is 9.72 Å². The minimum atomic E-state index is 0.247. The van der Waals surface area contributed by atoms with E-state index >= 15 is 0 Å². The summed E-state index contributed by atoms with van der Waals surface area (Å²) >= 11 is 0. The molecule has 1 saturated heterocycles. The van der Waals surface area contributed by atoms with Crippen molar-refractivity contribution in [2.45, 2.75) is 45.1 Å². The lowest BCUT2D eigenvalue weighted by Crippen LogP contribution is -2.45. The molecule has 1 N–H and O–H groups in total. The number of aromatic nitrogens is 3. The van der Waals surface area contributed by atoms with Crippen molar-refractivity contribution in [3.63, 3.8) is 0 Å². The third-order valence-corrected chi connectivity index (χ3v) is 5.73. The number of likely N-dealkylation sites (tertiary alicyclic amines) is 1. The van der Waals surface area contributed by atoms with Gasteiger partial charge >= 0.3 is 0 Å². The number of H-pyrrole nitrogens is 1. The van der Waals surface area contributed by atoms with Crippen molar-refractivity contribution in [2.75, 3.05) is 20.2 Å². The first kappa shape index (κ1) is 18.0. The van der Waals surface area contributed by atoms with E-state index in [2.05, 4.69) is 46.7 Å². The molecule has 0 amide bonds. The van der Waals surface area contributed by atoms with Crippen molar-refractivity contribution in [1.29, 1.82) is 0 Å². The Kier molecular flexibility index (Phi) is 4.64. The molecule has 0 aromatic carbocycles. The maximum atomic E-state index is 5.54. The van der Waals surface area contributed by atoms with Gasteiger partial charge in [-0.25, -0.2) is 4.98 Å². The zero-order chi connectivity index (χ0) is 19.0. The summed E-state index contributed by atoms with van der Waals surface area (Å²) in [6.07, 6.45) is 7.83. The fourth-order valence-corrected chi connectivity index (χ4v) is 4.13. The lowest BCUT2D eigenvalue weighted by atomic mass is 9.90. The van der Waals surface area contributed by atoms with Crippen molar-refractivity contribution in [2.24, 2.45) is 0 Å². The minimum absolute atomic E-state index is 0.247. The third kappa shape index (κ3) is 3.44. The van der Waals surface area contributed by atoms with Crippen molar-refractivity contribution in [3.8, 4) is 16.9 Å². The molecule has 5 heteroatoms. The molecule has 5 nitrogen and oxygen atoms in total. The van der Waals surface area contributed by atoms with Crippen LogP contribution < -0.4 is 4.74 Å². The summed E-state index contributed by atoms with van der Waals surface area (Å²) in [6.45, 7) is 9.18. The predicted molar refractivity (Wildman–Crippen MR) is 109 cm³/mol. The highest BCUT2D eigenvalue weighted by Gasteiger charge is 2.28. The number of nitrogens with one attached hydrogen (secondary N) is 1. The Hall–Kier alpha value is -2.40. The zero-order valence-corrected chi connectivity index (χ0v) is 16.6. The molecule has 0 radical (unpaired) electrons. The first-order valence-corrected chi connectivity index (χ1v) is 9.68. The van der Waals surface area contributed by atoms with E-state index in [9.17, 15) is 0 Å². The Morgan fingerprint density at radius 3 is 2.59 bits per heavy atom. The lowest BCUT2D eigenvalue weighted by Gasteiger charge is -2.40. The number of rotatable bonds is 3. The van der Waals surface area contributed by atoms with Crippen LogP contribution in [0.25, 0.3) is 22.2 Å². The normalized spacial score (nSPS) is 16.7. The number of fused-ring (bicyclic) bond motifs is 1. The van der Waals surface area contributed by atoms with Crippen molar-refractivity contribution in [1.82, 2.24) is 19.9 Å². The van der Waals surface area contributed by atoms with Gasteiger partial charge in [-0.05, 0) is 70.5 Å². The molecule has 0 saturated carbocycles. The van der Waals surface area contributed by atoms with E-state index in [1.165, 1.54) is 18.5 Å². The van der Waals surface area contributed by atoms with Gasteiger partial charge in [-0.3, -0.25) is 9.88 Å². The molecule has 0 bridgehead atoms. The summed E-state index contributed by atoms with van der Waals surface area (Å²) in [7, 11) is 1.70. The average molecular weight is 364 g/mol. The summed E-state index contributed by atoms with van der Waals surface area (Å²) in [5, 5.41) is 1.14. The van der Waals surface area contributed by atoms with Gasteiger partial charge in [-0.2, -0.15) is 0 Å². The number of piperidine rings is 1. The van der Waals surface area contributed by atoms with Gasteiger partial charge in [0.25, 0.3) is 0 Å². The quantitative estimate of drug-likeness (QED) is 0.737. The molecule has 1 aliphatic rings. The van der Waals surface area contributed by atoms with Gasteiger partial charge in [0.1, 0.15) is 11.4 Å². The first-order chi connectivity index (χ1) is 13.0. The fraction of sp³-hybridized carbons (Fsp3) is 0.455. The molecule has 0 unspecified atom stereocenters. The van der Waals surface area contributed by atoms with Crippen LogP contribution in [0.1, 0.15) is 45.2 Å². The van der Waals surface area contributed by atoms with E-state index < -0.39 is 0 Å². The number of hydrogen-bond donors (Lipinski definition) is 1. The molecular weight excluding hydrogens is 336 g/mol. The standard InChI is InChI=1S/C22H28N4O/c1-22(2,3)26-11-7-15(8-12-26)19-13-17-16(5-10-24-21(17)25-19)18-14-23-9-6-20(18)27-4/h5-6,9-10,13-15H,7-8,11-12H2,1-4H3,(H,24,25). The van der Waals surface area contributed by atoms with E-state index in [1.54, 1.807) is 13.3 Å². The SMILES string of the molecule is COc1ccncc1-c1ccnc2[nH]c(C3CCN(C(C)(C)C)CC3)cc12. The van der Waals surface area contributed by atoms with Gasteiger partial charge in [0.05, 0.1) is 7.11 Å². The third-order valence-electron chi connectivity index (χ3n) is 5.73. The number of nitrogens with zero attached hydrogens (tertiary/aromatic N) is 3. The van der Waals surface area contributed by atoms with Gasteiger partial charge in [0.2, 0.25) is 0 Å². The molecule has 0 atom stereocenters. The van der Waals surface area contributed by atoms with Gasteiger partial charge in [-0.1, -0.05) is 0 Å². The van der Waals surface area contributed by atoms with Crippen LogP contribution in [0.15, 0.2) is 36.8 Å². The summed E-state index contributed by atoms with van der Waals surface area (Å²) in [4.78, 5) is 15.0. The van der Waals surface area contributed by atoms with E-state index in [4.69, 9.17) is 4.74 Å². The molecule has 27 heavy (non-hydrogen) atoms. The monoisotopic (exact) mass is 364 g/mol. The fourth-order valence-electron chi connectivity index (χ4n) is 4.13. The van der Waals surface area contributed by atoms with Gasteiger partial charge in [0.15, 0.2) is 0 Å². The van der Waals surface area contributed by atoms with E-state index in [0.717, 1.165) is 41.0 Å². The van der Waals surface area contributed by atoms with Crippen molar-refractivity contribution < 1.29 is 4.74 Å². The van der Waals surface area contributed by atoms with Crippen LogP contribution >= 0.6 is 0 Å². The minimum Gasteiger partial charge on any atom is -0.496 e. The highest BCUT2D eigenvalue weighted by atomic mass is 16.5. The summed E-state index contributed by atoms with van der Waals surface area (Å²) in [6, 6.07) is 6.22. The second kappa shape index (κ2) is 6.97. The number of methoxy groups -OCH3 is 1. The molecule has 0 aliphatic carbocycles. The highest BCUT2D eigenvalue weighted by molar-refractivity contribution is 5.94. The Bertz CT molecular complexity index is 933. The Labute approximate surface area is 160 Å². The van der Waals surface area contributed by atoms with Crippen LogP contribution in [0.5, 0.6) is 5.75 Å². The number of aromatic amines is 1. The van der Waals surface area contributed by atoms with E-state index in [1.807, 2.05) is 24.5 Å². The zero-order valence-electron chi connectivity index (χ0n) is 16.6. The highest BCUT2D eigenvalue weighted by Crippen LogP contribution is 2.37. The molecule has 1 fully saturated rings. The second-order valence-corrected chi connectivity index (χ2v) is 8.35. The van der Waals surface area contributed by atoms with Crippen LogP contribution in [0, 0.1) is 0 Å². The van der Waals surface area contributed by atoms with E-state index in [-0.39, 0.29) is 5.54 Å². The smallest absolute Gasteiger partial charge is 0.138 e. The van der Waals surface area contributed by atoms with Crippen LogP contribution in [-0.2, 0) is 0 Å². The Morgan fingerprint density at radius 1 is 1.11 bits per heavy atom. The maximum absolute atomic E-state index is 5.54. The molecule has 4 heterocycles. The van der Waals surface area contributed by atoms with Crippen LogP contribution in [0.3, 0.4) is 0 Å². The maximum Gasteiger partial charge on any atom is 0.138 e. The summed E-state index contributed by atoms with van der Waals surface area (Å²) in [5.41, 5.74) is 4.59. The molecule has 4 rings (SSSR count). The molecule has 1 aliphatic heterocycles. The first-order valence-electron chi connectivity index (χ1n) is 9.68. The van der Waals surface area contributed by atoms with Crippen molar-refractivity contribution >= 4 is 11.0 Å². The molecule has 3 aromatic rings. The molecule has 142 valence electrons. The van der Waals surface area contributed by atoms with E-state index in [0.29, 0.717) is 5.92 Å². The van der Waals surface area contributed by atoms with Gasteiger partial charge in [-0.15, -0.1) is 0 Å². The number of ether oxygens (including phenoxy) is 1. The van der Waals surface area contributed by atoms with Crippen LogP contribution in [-0.4, -0.2) is 45.6 Å². The Morgan fingerprint density at radius 2 is 1.89 bits per heavy atom. The average Bonchev–Trinajstić information content (AvgIpc) is 3.12. The predicted octanol–water partition coefficient (Wildman–Crippen LogP) is 4.61. The molecule has 3 aromatic heterocycles. The molecule has 0 spiro atoms. The Balaban J connectivity index is 1.66. The largest absolute Gasteiger partial charge is 0.496 e. The second-order valence-electron chi connectivity index (χ2n) is 8.35.